The van der Waals surface area contributed by atoms with Gasteiger partial charge in [-0.1, -0.05) is 0 Å². The number of nitro groups is 1. The van der Waals surface area contributed by atoms with Crippen molar-refractivity contribution < 1.29 is 9.72 Å². The van der Waals surface area contributed by atoms with Gasteiger partial charge in [-0.05, 0) is 46.6 Å². The summed E-state index contributed by atoms with van der Waals surface area (Å²) in [5, 5.41) is 13.3. The molecule has 20 heavy (non-hydrogen) atoms. The lowest BCUT2D eigenvalue weighted by Crippen LogP contribution is -2.25. The summed E-state index contributed by atoms with van der Waals surface area (Å²) in [5.74, 6) is -0.226. The summed E-state index contributed by atoms with van der Waals surface area (Å²) >= 11 is 5.02. The monoisotopic (exact) mass is 354 g/mol. The fourth-order valence-electron chi connectivity index (χ4n) is 1.62. The van der Waals surface area contributed by atoms with Crippen molar-refractivity contribution in [3.05, 3.63) is 60.7 Å². The predicted octanol–water partition coefficient (Wildman–Crippen LogP) is 3.39. The first-order valence-corrected chi connectivity index (χ1v) is 7.44. The lowest BCUT2D eigenvalue weighted by atomic mass is 10.2. The van der Waals surface area contributed by atoms with E-state index in [9.17, 15) is 14.9 Å². The molecular formula is C13H11BrN2O3S. The Balaban J connectivity index is 1.86. The van der Waals surface area contributed by atoms with Gasteiger partial charge in [0.1, 0.15) is 0 Å². The van der Waals surface area contributed by atoms with E-state index in [0.29, 0.717) is 12.1 Å². The minimum atomic E-state index is -0.490. The molecule has 5 nitrogen and oxygen atoms in total. The van der Waals surface area contributed by atoms with Crippen molar-refractivity contribution in [1.82, 2.24) is 5.32 Å². The maximum atomic E-state index is 11.8. The second kappa shape index (κ2) is 6.62. The molecule has 104 valence electrons. The van der Waals surface area contributed by atoms with E-state index in [1.54, 1.807) is 11.3 Å². The van der Waals surface area contributed by atoms with Crippen LogP contribution in [0.1, 0.15) is 15.2 Å². The van der Waals surface area contributed by atoms with Gasteiger partial charge in [0.25, 0.3) is 11.6 Å². The molecule has 0 aliphatic heterocycles. The summed E-state index contributed by atoms with van der Waals surface area (Å²) in [6.45, 7) is 0.531. The highest BCUT2D eigenvalue weighted by Crippen LogP contribution is 2.22. The molecule has 0 radical (unpaired) electrons. The third-order valence-corrected chi connectivity index (χ3v) is 4.31. The molecule has 0 aliphatic rings. The molecule has 1 amide bonds. The highest BCUT2D eigenvalue weighted by atomic mass is 79.9. The van der Waals surface area contributed by atoms with Crippen LogP contribution in [-0.4, -0.2) is 17.4 Å². The van der Waals surface area contributed by atoms with Crippen LogP contribution in [0.4, 0.5) is 5.69 Å². The lowest BCUT2D eigenvalue weighted by Gasteiger charge is -2.04. The molecule has 0 atom stereocenters. The predicted molar refractivity (Wildman–Crippen MR) is 81.2 cm³/mol. The number of carbonyl (C=O) groups is 1. The Hall–Kier alpha value is -1.73. The minimum absolute atomic E-state index is 0.0232. The van der Waals surface area contributed by atoms with Crippen molar-refractivity contribution in [2.24, 2.45) is 0 Å². The minimum Gasteiger partial charge on any atom is -0.352 e. The Bertz CT molecular complexity index is 625. The van der Waals surface area contributed by atoms with Gasteiger partial charge in [0.15, 0.2) is 0 Å². The van der Waals surface area contributed by atoms with Crippen molar-refractivity contribution in [3.8, 4) is 0 Å². The third-order valence-electron chi connectivity index (χ3n) is 2.63. The molecule has 7 heteroatoms. The van der Waals surface area contributed by atoms with E-state index in [1.807, 2.05) is 12.1 Å². The summed E-state index contributed by atoms with van der Waals surface area (Å²) in [6.07, 6.45) is 0.759. The van der Waals surface area contributed by atoms with Crippen LogP contribution in [0.2, 0.25) is 0 Å². The molecule has 0 saturated carbocycles. The first-order chi connectivity index (χ1) is 9.56. The van der Waals surface area contributed by atoms with Crippen LogP contribution in [0.15, 0.2) is 40.2 Å². The van der Waals surface area contributed by atoms with Gasteiger partial charge in [0, 0.05) is 29.1 Å². The van der Waals surface area contributed by atoms with Gasteiger partial charge in [-0.3, -0.25) is 14.9 Å². The Morgan fingerprint density at radius 1 is 1.25 bits per heavy atom. The average Bonchev–Trinajstić information content (AvgIpc) is 2.84. The van der Waals surface area contributed by atoms with E-state index in [4.69, 9.17) is 0 Å². The average molecular weight is 355 g/mol. The highest BCUT2D eigenvalue weighted by Gasteiger charge is 2.09. The normalized spacial score (nSPS) is 10.2. The Morgan fingerprint density at radius 3 is 2.50 bits per heavy atom. The number of nitro benzene ring substituents is 1. The molecule has 2 aromatic rings. The fraction of sp³-hybridized carbons (Fsp3) is 0.154. The van der Waals surface area contributed by atoms with Crippen molar-refractivity contribution in [2.45, 2.75) is 6.42 Å². The fourth-order valence-corrected chi connectivity index (χ4v) is 3.10. The van der Waals surface area contributed by atoms with Gasteiger partial charge in [-0.15, -0.1) is 11.3 Å². The topological polar surface area (TPSA) is 72.2 Å². The molecular weight excluding hydrogens is 344 g/mol. The second-order valence-corrected chi connectivity index (χ2v) is 6.56. The summed E-state index contributed by atoms with van der Waals surface area (Å²) in [6, 6.07) is 9.53. The van der Waals surface area contributed by atoms with Gasteiger partial charge in [-0.25, -0.2) is 0 Å². The Morgan fingerprint density at radius 2 is 1.95 bits per heavy atom. The van der Waals surface area contributed by atoms with Gasteiger partial charge in [-0.2, -0.15) is 0 Å². The zero-order valence-corrected chi connectivity index (χ0v) is 12.7. The van der Waals surface area contributed by atoms with Crippen molar-refractivity contribution >= 4 is 38.9 Å². The van der Waals surface area contributed by atoms with Crippen LogP contribution in [0.5, 0.6) is 0 Å². The zero-order chi connectivity index (χ0) is 14.5. The number of amides is 1. The van der Waals surface area contributed by atoms with Crippen molar-refractivity contribution in [1.29, 1.82) is 0 Å². The van der Waals surface area contributed by atoms with Gasteiger partial charge < -0.3 is 5.32 Å². The molecule has 1 aromatic carbocycles. The van der Waals surface area contributed by atoms with Crippen LogP contribution in [0, 0.1) is 10.1 Å². The quantitative estimate of drug-likeness (QED) is 0.660. The highest BCUT2D eigenvalue weighted by molar-refractivity contribution is 9.11. The van der Waals surface area contributed by atoms with E-state index in [-0.39, 0.29) is 11.6 Å². The zero-order valence-electron chi connectivity index (χ0n) is 10.3. The van der Waals surface area contributed by atoms with Gasteiger partial charge in [0.05, 0.1) is 8.71 Å². The molecule has 0 fully saturated rings. The molecule has 1 N–H and O–H groups in total. The molecule has 0 bridgehead atoms. The Labute approximate surface area is 127 Å². The first kappa shape index (κ1) is 14.7. The van der Waals surface area contributed by atoms with Crippen LogP contribution >= 0.6 is 27.3 Å². The summed E-state index contributed by atoms with van der Waals surface area (Å²) in [4.78, 5) is 23.0. The van der Waals surface area contributed by atoms with E-state index >= 15 is 0 Å². The molecule has 0 spiro atoms. The standard InChI is InChI=1S/C13H11BrN2O3S/c14-12-6-5-11(20-12)7-8-15-13(17)9-1-3-10(4-2-9)16(18)19/h1-6H,7-8H2,(H,15,17). The van der Waals surface area contributed by atoms with Crippen LogP contribution < -0.4 is 5.32 Å². The van der Waals surface area contributed by atoms with Gasteiger partial charge in [0.2, 0.25) is 0 Å². The SMILES string of the molecule is O=C(NCCc1ccc(Br)s1)c1ccc([N+](=O)[O-])cc1. The summed E-state index contributed by atoms with van der Waals surface area (Å²) in [7, 11) is 0. The lowest BCUT2D eigenvalue weighted by molar-refractivity contribution is -0.384. The number of nitrogens with zero attached hydrogens (tertiary/aromatic N) is 1. The van der Waals surface area contributed by atoms with E-state index in [0.717, 1.165) is 10.2 Å². The number of carbonyl (C=O) groups excluding carboxylic acids is 1. The third kappa shape index (κ3) is 3.88. The summed E-state index contributed by atoms with van der Waals surface area (Å²) < 4.78 is 1.06. The number of halogens is 1. The van der Waals surface area contributed by atoms with Crippen LogP contribution in [-0.2, 0) is 6.42 Å². The second-order valence-electron chi connectivity index (χ2n) is 4.02. The van der Waals surface area contributed by atoms with Crippen molar-refractivity contribution in [2.75, 3.05) is 6.54 Å². The van der Waals surface area contributed by atoms with E-state index in [2.05, 4.69) is 21.2 Å². The molecule has 2 rings (SSSR count). The van der Waals surface area contributed by atoms with Crippen molar-refractivity contribution in [3.63, 3.8) is 0 Å². The smallest absolute Gasteiger partial charge is 0.269 e. The van der Waals surface area contributed by atoms with Gasteiger partial charge >= 0.3 is 0 Å². The molecule has 1 aromatic heterocycles. The Kier molecular flexibility index (Phi) is 4.86. The maximum Gasteiger partial charge on any atom is 0.269 e. The van der Waals surface area contributed by atoms with Crippen LogP contribution in [0.3, 0.4) is 0 Å². The number of rotatable bonds is 5. The molecule has 0 unspecified atom stereocenters. The number of nitrogens with one attached hydrogen (secondary N) is 1. The number of non-ortho nitro benzene ring substituents is 1. The van der Waals surface area contributed by atoms with Crippen LogP contribution in [0.25, 0.3) is 0 Å². The maximum absolute atomic E-state index is 11.8. The number of hydrogen-bond donors (Lipinski definition) is 1. The first-order valence-electron chi connectivity index (χ1n) is 5.83. The molecule has 0 saturated heterocycles. The number of benzene rings is 1. The number of hydrogen-bond acceptors (Lipinski definition) is 4. The molecule has 1 heterocycles. The number of thiophene rings is 1. The largest absolute Gasteiger partial charge is 0.352 e. The van der Waals surface area contributed by atoms with E-state index in [1.165, 1.54) is 29.1 Å². The summed E-state index contributed by atoms with van der Waals surface area (Å²) in [5.41, 5.74) is 0.396. The molecule has 0 aliphatic carbocycles. The van der Waals surface area contributed by atoms with E-state index < -0.39 is 4.92 Å².